The zero-order chi connectivity index (χ0) is 16.1. The molecule has 120 valence electrons. The number of hydrogen-bond acceptors (Lipinski definition) is 3. The summed E-state index contributed by atoms with van der Waals surface area (Å²) in [7, 11) is 5.80. The second-order valence-corrected chi connectivity index (χ2v) is 5.90. The van der Waals surface area contributed by atoms with Gasteiger partial charge in [-0.3, -0.25) is 4.99 Å². The molecule has 2 rings (SSSR count). The summed E-state index contributed by atoms with van der Waals surface area (Å²) in [5.41, 5.74) is 9.22. The topological polar surface area (TPSA) is 56.9 Å². The Morgan fingerprint density at radius 3 is 2.36 bits per heavy atom. The van der Waals surface area contributed by atoms with Crippen molar-refractivity contribution >= 4 is 17.3 Å². The summed E-state index contributed by atoms with van der Waals surface area (Å²) < 4.78 is 0. The van der Waals surface area contributed by atoms with E-state index >= 15 is 0 Å². The van der Waals surface area contributed by atoms with E-state index in [1.54, 1.807) is 7.05 Å². The van der Waals surface area contributed by atoms with E-state index in [0.717, 1.165) is 31.6 Å². The minimum Gasteiger partial charge on any atom is -0.378 e. The van der Waals surface area contributed by atoms with Crippen LogP contribution in [0.1, 0.15) is 18.4 Å². The van der Waals surface area contributed by atoms with Crippen LogP contribution in [0.5, 0.6) is 0 Å². The van der Waals surface area contributed by atoms with Crippen molar-refractivity contribution in [3.05, 3.63) is 36.4 Å². The van der Waals surface area contributed by atoms with Gasteiger partial charge in [-0.15, -0.1) is 0 Å². The van der Waals surface area contributed by atoms with Gasteiger partial charge in [0.15, 0.2) is 5.96 Å². The lowest BCUT2D eigenvalue weighted by Gasteiger charge is -2.35. The van der Waals surface area contributed by atoms with Crippen molar-refractivity contribution in [1.29, 1.82) is 0 Å². The molecule has 0 aliphatic carbocycles. The molecule has 1 aromatic rings. The number of guanidine groups is 1. The molecule has 0 bridgehead atoms. The minimum absolute atomic E-state index is 0.406. The van der Waals surface area contributed by atoms with Gasteiger partial charge >= 0.3 is 0 Å². The molecule has 1 aliphatic rings. The molecule has 5 nitrogen and oxygen atoms in total. The molecular formula is C17H27N5. The summed E-state index contributed by atoms with van der Waals surface area (Å²) in [4.78, 5) is 8.40. The van der Waals surface area contributed by atoms with E-state index in [9.17, 15) is 0 Å². The Bertz CT molecular complexity index is 524. The zero-order valence-electron chi connectivity index (χ0n) is 13.8. The lowest BCUT2D eigenvalue weighted by atomic mass is 10.0. The van der Waals surface area contributed by atoms with Crippen LogP contribution in [0.3, 0.4) is 0 Å². The Hall–Kier alpha value is -2.17. The maximum atomic E-state index is 5.73. The van der Waals surface area contributed by atoms with Gasteiger partial charge in [0.25, 0.3) is 0 Å². The second kappa shape index (κ2) is 7.20. The van der Waals surface area contributed by atoms with Crippen molar-refractivity contribution in [3.8, 4) is 0 Å². The number of anilines is 1. The van der Waals surface area contributed by atoms with E-state index in [1.807, 2.05) is 14.1 Å². The lowest BCUT2D eigenvalue weighted by molar-refractivity contribution is 0.287. The van der Waals surface area contributed by atoms with Gasteiger partial charge in [-0.25, -0.2) is 0 Å². The first-order chi connectivity index (χ1) is 10.5. The highest BCUT2D eigenvalue weighted by Crippen LogP contribution is 2.24. The Balaban J connectivity index is 1.92. The van der Waals surface area contributed by atoms with Crippen LogP contribution >= 0.6 is 0 Å². The van der Waals surface area contributed by atoms with Crippen LogP contribution in [0.15, 0.2) is 35.8 Å². The van der Waals surface area contributed by atoms with E-state index in [4.69, 9.17) is 5.73 Å². The monoisotopic (exact) mass is 301 g/mol. The lowest BCUT2D eigenvalue weighted by Crippen LogP contribution is -2.46. The van der Waals surface area contributed by atoms with E-state index in [1.165, 1.54) is 11.3 Å². The minimum atomic E-state index is 0.406. The standard InChI is InChI=1S/C17H27N5/c1-13(14-5-7-16(8-6-14)21(3)4)22-11-9-15(10-12-22)20-17(18)19-2/h5-8,15H,1,9-12H2,2-4H3,(H3,18,19,20). The van der Waals surface area contributed by atoms with Crippen LogP contribution in [-0.4, -0.2) is 51.1 Å². The third kappa shape index (κ3) is 3.93. The average molecular weight is 301 g/mol. The molecule has 0 amide bonds. The Kier molecular flexibility index (Phi) is 5.31. The van der Waals surface area contributed by atoms with Crippen LogP contribution < -0.4 is 16.0 Å². The molecule has 1 fully saturated rings. The highest BCUT2D eigenvalue weighted by Gasteiger charge is 2.20. The van der Waals surface area contributed by atoms with Gasteiger partial charge in [-0.05, 0) is 30.5 Å². The van der Waals surface area contributed by atoms with Crippen molar-refractivity contribution in [2.24, 2.45) is 10.7 Å². The summed E-state index contributed by atoms with van der Waals surface area (Å²) in [6.07, 6.45) is 2.09. The van der Waals surface area contributed by atoms with Crippen LogP contribution in [0.2, 0.25) is 0 Å². The number of aliphatic imine (C=N–C) groups is 1. The molecule has 3 N–H and O–H groups in total. The molecule has 0 saturated carbocycles. The molecule has 22 heavy (non-hydrogen) atoms. The molecular weight excluding hydrogens is 274 g/mol. The van der Waals surface area contributed by atoms with Crippen molar-refractivity contribution in [2.75, 3.05) is 39.1 Å². The number of likely N-dealkylation sites (tertiary alicyclic amines) is 1. The van der Waals surface area contributed by atoms with Crippen molar-refractivity contribution < 1.29 is 0 Å². The smallest absolute Gasteiger partial charge is 0.188 e. The predicted octanol–water partition coefficient (Wildman–Crippen LogP) is 1.72. The summed E-state index contributed by atoms with van der Waals surface area (Å²) in [6.45, 7) is 6.25. The van der Waals surface area contributed by atoms with E-state index in [-0.39, 0.29) is 0 Å². The summed E-state index contributed by atoms with van der Waals surface area (Å²) in [5.74, 6) is 0.525. The number of nitrogens with one attached hydrogen (secondary N) is 1. The normalized spacial score (nSPS) is 16.5. The molecule has 5 heteroatoms. The van der Waals surface area contributed by atoms with Crippen LogP contribution in [0, 0.1) is 0 Å². The van der Waals surface area contributed by atoms with Crippen molar-refractivity contribution in [1.82, 2.24) is 10.2 Å². The maximum Gasteiger partial charge on any atom is 0.188 e. The van der Waals surface area contributed by atoms with Crippen LogP contribution in [0.4, 0.5) is 5.69 Å². The molecule has 1 aromatic carbocycles. The van der Waals surface area contributed by atoms with Crippen molar-refractivity contribution in [3.63, 3.8) is 0 Å². The SMILES string of the molecule is C=C(c1ccc(N(C)C)cc1)N1CCC(NC(N)=NC)CC1. The zero-order valence-corrected chi connectivity index (χ0v) is 13.8. The predicted molar refractivity (Wildman–Crippen MR) is 95.1 cm³/mol. The molecule has 0 atom stereocenters. The largest absolute Gasteiger partial charge is 0.378 e. The summed E-state index contributed by atoms with van der Waals surface area (Å²) in [6, 6.07) is 8.96. The first kappa shape index (κ1) is 16.2. The summed E-state index contributed by atoms with van der Waals surface area (Å²) >= 11 is 0. The van der Waals surface area contributed by atoms with Crippen LogP contribution in [-0.2, 0) is 0 Å². The molecule has 0 spiro atoms. The van der Waals surface area contributed by atoms with Gasteiger partial charge in [-0.1, -0.05) is 18.7 Å². The molecule has 0 unspecified atom stereocenters. The number of rotatable bonds is 4. The van der Waals surface area contributed by atoms with Gasteiger partial charge in [0.05, 0.1) is 0 Å². The van der Waals surface area contributed by atoms with Gasteiger partial charge < -0.3 is 20.9 Å². The highest BCUT2D eigenvalue weighted by molar-refractivity contribution is 5.78. The van der Waals surface area contributed by atoms with E-state index in [0.29, 0.717) is 12.0 Å². The highest BCUT2D eigenvalue weighted by atomic mass is 15.2. The molecule has 0 aromatic heterocycles. The van der Waals surface area contributed by atoms with Gasteiger partial charge in [0, 0.05) is 51.7 Å². The van der Waals surface area contributed by atoms with Gasteiger partial charge in [0.1, 0.15) is 0 Å². The molecule has 0 radical (unpaired) electrons. The van der Waals surface area contributed by atoms with E-state index in [2.05, 4.69) is 51.0 Å². The van der Waals surface area contributed by atoms with Crippen LogP contribution in [0.25, 0.3) is 5.70 Å². The Labute approximate surface area is 133 Å². The second-order valence-electron chi connectivity index (χ2n) is 5.90. The molecule has 1 aliphatic heterocycles. The molecule has 1 heterocycles. The fraction of sp³-hybridized carbons (Fsp3) is 0.471. The Morgan fingerprint density at radius 1 is 1.27 bits per heavy atom. The fourth-order valence-corrected chi connectivity index (χ4v) is 2.70. The van der Waals surface area contributed by atoms with Gasteiger partial charge in [0.2, 0.25) is 0 Å². The maximum absolute atomic E-state index is 5.73. The van der Waals surface area contributed by atoms with Crippen molar-refractivity contribution in [2.45, 2.75) is 18.9 Å². The summed E-state index contributed by atoms with van der Waals surface area (Å²) in [5, 5.41) is 3.25. The number of nitrogens with zero attached hydrogens (tertiary/aromatic N) is 3. The van der Waals surface area contributed by atoms with Gasteiger partial charge in [-0.2, -0.15) is 0 Å². The molecule has 1 saturated heterocycles. The Morgan fingerprint density at radius 2 is 1.86 bits per heavy atom. The quantitative estimate of drug-likeness (QED) is 0.657. The average Bonchev–Trinajstić information content (AvgIpc) is 2.55. The number of nitrogens with two attached hydrogens (primary N) is 1. The first-order valence-electron chi connectivity index (χ1n) is 7.71. The number of hydrogen-bond donors (Lipinski definition) is 2. The third-order valence-electron chi connectivity index (χ3n) is 4.19. The number of benzene rings is 1. The third-order valence-corrected chi connectivity index (χ3v) is 4.19. The fourth-order valence-electron chi connectivity index (χ4n) is 2.70. The number of piperidine rings is 1. The first-order valence-corrected chi connectivity index (χ1v) is 7.71. The van der Waals surface area contributed by atoms with E-state index < -0.39 is 0 Å².